The average molecular weight is 671 g/mol. The third-order valence-corrected chi connectivity index (χ3v) is 11.7. The summed E-state index contributed by atoms with van der Waals surface area (Å²) in [5.74, 6) is 0. The van der Waals surface area contributed by atoms with Gasteiger partial charge in [0.05, 0.1) is 5.41 Å². The lowest BCUT2D eigenvalue weighted by atomic mass is 9.69. The second kappa shape index (κ2) is 11.6. The molecular weight excluding hydrogens is 637 g/mol. The lowest BCUT2D eigenvalue weighted by molar-refractivity contribution is 0.795. The molecule has 0 aliphatic heterocycles. The van der Waals surface area contributed by atoms with Gasteiger partial charge in [0.25, 0.3) is 0 Å². The van der Waals surface area contributed by atoms with Gasteiger partial charge in [-0.3, -0.25) is 0 Å². The average Bonchev–Trinajstić information content (AvgIpc) is 3.71. The summed E-state index contributed by atoms with van der Waals surface area (Å²) in [6, 6.07) is 76.6. The highest BCUT2D eigenvalue weighted by molar-refractivity contribution is 6.11. The summed E-state index contributed by atoms with van der Waals surface area (Å²) in [7, 11) is 0. The van der Waals surface area contributed by atoms with E-state index in [0.717, 1.165) is 0 Å². The van der Waals surface area contributed by atoms with E-state index in [0.29, 0.717) is 0 Å². The van der Waals surface area contributed by atoms with Crippen LogP contribution in [0.15, 0.2) is 206 Å². The van der Waals surface area contributed by atoms with E-state index in [1.165, 1.54) is 99.8 Å². The van der Waals surface area contributed by atoms with Gasteiger partial charge in [-0.05, 0) is 124 Å². The van der Waals surface area contributed by atoms with Crippen LogP contribution in [0, 0.1) is 0 Å². The van der Waals surface area contributed by atoms with Gasteiger partial charge in [-0.25, -0.2) is 0 Å². The lowest BCUT2D eigenvalue weighted by Gasteiger charge is -2.31. The zero-order valence-electron chi connectivity index (χ0n) is 29.1. The molecule has 0 radical (unpaired) electrons. The largest absolute Gasteiger partial charge is 0.0726 e. The highest BCUT2D eigenvalue weighted by Crippen LogP contribution is 2.64. The molecular formula is C53H34. The minimum Gasteiger partial charge on any atom is -0.0622 e. The molecule has 9 aromatic carbocycles. The Morgan fingerprint density at radius 2 is 0.698 bits per heavy atom. The van der Waals surface area contributed by atoms with Gasteiger partial charge in [-0.15, -0.1) is 0 Å². The zero-order chi connectivity index (χ0) is 34.9. The molecule has 0 saturated heterocycles. The van der Waals surface area contributed by atoms with Gasteiger partial charge in [0.1, 0.15) is 0 Å². The Bertz CT molecular complexity index is 2830. The van der Waals surface area contributed by atoms with E-state index in [1.807, 2.05) is 0 Å². The van der Waals surface area contributed by atoms with Crippen LogP contribution in [0.5, 0.6) is 0 Å². The fourth-order valence-corrected chi connectivity index (χ4v) is 9.42. The summed E-state index contributed by atoms with van der Waals surface area (Å²) in [5, 5.41) is 2.57. The first kappa shape index (κ1) is 29.9. The maximum Gasteiger partial charge on any atom is 0.0726 e. The van der Waals surface area contributed by atoms with Crippen molar-refractivity contribution >= 4 is 10.8 Å². The van der Waals surface area contributed by atoms with E-state index in [-0.39, 0.29) is 0 Å². The van der Waals surface area contributed by atoms with Crippen molar-refractivity contribution < 1.29 is 0 Å². The Hall–Kier alpha value is -6.76. The van der Waals surface area contributed by atoms with Crippen molar-refractivity contribution in [3.63, 3.8) is 0 Å². The fraction of sp³-hybridized carbons (Fsp3) is 0.0189. The van der Waals surface area contributed by atoms with Gasteiger partial charge < -0.3 is 0 Å². The number of benzene rings is 9. The van der Waals surface area contributed by atoms with Gasteiger partial charge in [0.2, 0.25) is 0 Å². The topological polar surface area (TPSA) is 0 Å². The van der Waals surface area contributed by atoms with Crippen LogP contribution < -0.4 is 0 Å². The molecule has 0 saturated carbocycles. The van der Waals surface area contributed by atoms with E-state index < -0.39 is 5.41 Å². The van der Waals surface area contributed by atoms with Crippen molar-refractivity contribution in [1.29, 1.82) is 0 Å². The molecule has 0 heterocycles. The van der Waals surface area contributed by atoms with Crippen molar-refractivity contribution in [2.75, 3.05) is 0 Å². The Morgan fingerprint density at radius 1 is 0.226 bits per heavy atom. The smallest absolute Gasteiger partial charge is 0.0622 e. The minimum absolute atomic E-state index is 0.472. The van der Waals surface area contributed by atoms with E-state index >= 15 is 0 Å². The number of hydrogen-bond acceptors (Lipinski definition) is 0. The molecule has 2 aliphatic rings. The van der Waals surface area contributed by atoms with Crippen LogP contribution in [-0.2, 0) is 5.41 Å². The predicted octanol–water partition coefficient (Wildman–Crippen LogP) is 13.9. The minimum atomic E-state index is -0.472. The van der Waals surface area contributed by atoms with Crippen molar-refractivity contribution in [2.45, 2.75) is 5.41 Å². The fourth-order valence-electron chi connectivity index (χ4n) is 9.42. The summed E-state index contributed by atoms with van der Waals surface area (Å²) in [4.78, 5) is 0. The molecule has 9 aromatic rings. The summed E-state index contributed by atoms with van der Waals surface area (Å²) in [5.41, 5.74) is 20.1. The number of rotatable bonds is 4. The van der Waals surface area contributed by atoms with Crippen molar-refractivity contribution in [1.82, 2.24) is 0 Å². The molecule has 0 heteroatoms. The van der Waals surface area contributed by atoms with Crippen LogP contribution in [0.4, 0.5) is 0 Å². The Balaban J connectivity index is 1.22. The van der Waals surface area contributed by atoms with Gasteiger partial charge in [0.15, 0.2) is 0 Å². The molecule has 0 atom stereocenters. The second-order valence-electron chi connectivity index (χ2n) is 14.4. The van der Waals surface area contributed by atoms with E-state index in [1.54, 1.807) is 0 Å². The van der Waals surface area contributed by atoms with Crippen LogP contribution in [0.25, 0.3) is 77.5 Å². The molecule has 0 aromatic heterocycles. The molecule has 0 amide bonds. The van der Waals surface area contributed by atoms with Crippen molar-refractivity contribution in [3.8, 4) is 66.8 Å². The van der Waals surface area contributed by atoms with Gasteiger partial charge in [0, 0.05) is 0 Å². The normalized spacial score (nSPS) is 13.1. The third kappa shape index (κ3) is 4.36. The standard InChI is InChI=1S/C53H34/c1-3-15-35(16-4-1)37-19-13-21-39(31-37)40-29-30-46-50(33-40)53(48-27-11-9-24-43(48)44-25-10-12-28-49(44)53)51-34-47(42-23-7-8-26-45(42)52(46)51)41-22-14-20-38(32-41)36-17-5-2-6-18-36/h1-34H. The number of hydrogen-bond donors (Lipinski definition) is 0. The maximum absolute atomic E-state index is 2.54. The van der Waals surface area contributed by atoms with Crippen LogP contribution in [0.1, 0.15) is 22.3 Å². The molecule has 0 nitrogen and oxygen atoms in total. The molecule has 0 fully saturated rings. The quantitative estimate of drug-likeness (QED) is 0.175. The first-order valence-corrected chi connectivity index (χ1v) is 18.5. The highest BCUT2D eigenvalue weighted by atomic mass is 14.5. The third-order valence-electron chi connectivity index (χ3n) is 11.7. The zero-order valence-corrected chi connectivity index (χ0v) is 29.1. The molecule has 53 heavy (non-hydrogen) atoms. The van der Waals surface area contributed by atoms with Gasteiger partial charge >= 0.3 is 0 Å². The lowest BCUT2D eigenvalue weighted by Crippen LogP contribution is -2.26. The summed E-state index contributed by atoms with van der Waals surface area (Å²) < 4.78 is 0. The summed E-state index contributed by atoms with van der Waals surface area (Å²) >= 11 is 0. The molecule has 0 unspecified atom stereocenters. The van der Waals surface area contributed by atoms with Crippen molar-refractivity contribution in [3.05, 3.63) is 229 Å². The van der Waals surface area contributed by atoms with Crippen LogP contribution in [0.3, 0.4) is 0 Å². The van der Waals surface area contributed by atoms with E-state index in [9.17, 15) is 0 Å². The maximum atomic E-state index is 2.54. The van der Waals surface area contributed by atoms with E-state index in [4.69, 9.17) is 0 Å². The molecule has 0 N–H and O–H groups in total. The van der Waals surface area contributed by atoms with Gasteiger partial charge in [-0.1, -0.05) is 182 Å². The van der Waals surface area contributed by atoms with Crippen LogP contribution in [-0.4, -0.2) is 0 Å². The van der Waals surface area contributed by atoms with Crippen LogP contribution in [0.2, 0.25) is 0 Å². The molecule has 11 rings (SSSR count). The molecule has 0 bridgehead atoms. The highest BCUT2D eigenvalue weighted by Gasteiger charge is 2.52. The van der Waals surface area contributed by atoms with Gasteiger partial charge in [-0.2, -0.15) is 0 Å². The Kier molecular flexibility index (Phi) is 6.57. The monoisotopic (exact) mass is 670 g/mol. The van der Waals surface area contributed by atoms with Crippen molar-refractivity contribution in [2.24, 2.45) is 0 Å². The molecule has 1 spiro atoms. The molecule has 246 valence electrons. The Labute approximate surface area is 310 Å². The second-order valence-corrected chi connectivity index (χ2v) is 14.4. The van der Waals surface area contributed by atoms with Crippen LogP contribution >= 0.6 is 0 Å². The SMILES string of the molecule is c1ccc(-c2cccc(-c3ccc4c(c3)C3(c5ccccc5-c5ccccc53)c3cc(-c5cccc(-c6ccccc6)c5)c5ccccc5c3-4)c2)cc1. The molecule has 2 aliphatic carbocycles. The summed E-state index contributed by atoms with van der Waals surface area (Å²) in [6.45, 7) is 0. The Morgan fingerprint density at radius 3 is 1.34 bits per heavy atom. The summed E-state index contributed by atoms with van der Waals surface area (Å²) in [6.07, 6.45) is 0. The van der Waals surface area contributed by atoms with E-state index in [2.05, 4.69) is 206 Å². The first-order valence-electron chi connectivity index (χ1n) is 18.5. The number of fused-ring (bicyclic) bond motifs is 12. The predicted molar refractivity (Wildman–Crippen MR) is 222 cm³/mol. The first-order chi connectivity index (χ1) is 26.3.